The summed E-state index contributed by atoms with van der Waals surface area (Å²) in [6, 6.07) is 2.87. The number of amides is 1. The van der Waals surface area contributed by atoms with Crippen molar-refractivity contribution in [3.63, 3.8) is 0 Å². The van der Waals surface area contributed by atoms with Gasteiger partial charge < -0.3 is 10.4 Å². The second-order valence-corrected chi connectivity index (χ2v) is 6.08. The van der Waals surface area contributed by atoms with Gasteiger partial charge in [-0.25, -0.2) is 4.79 Å². The number of carbonyl (C=O) groups excluding carboxylic acids is 1. The number of hydrogen-bond donors (Lipinski definition) is 2. The minimum atomic E-state index is -1.13. The number of carboxylic acids is 1. The van der Waals surface area contributed by atoms with Crippen molar-refractivity contribution in [1.29, 1.82) is 0 Å². The summed E-state index contributed by atoms with van der Waals surface area (Å²) in [5.41, 5.74) is -0.115. The van der Waals surface area contributed by atoms with Crippen LogP contribution in [0.5, 0.6) is 0 Å². The Labute approximate surface area is 135 Å². The van der Waals surface area contributed by atoms with Crippen LogP contribution in [0.2, 0.25) is 0 Å². The third-order valence-corrected chi connectivity index (χ3v) is 3.66. The molecule has 1 atom stereocenters. The number of nitro groups is 1. The first-order chi connectivity index (χ1) is 9.72. The zero-order chi connectivity index (χ0) is 16.2. The van der Waals surface area contributed by atoms with Crippen LogP contribution in [0.3, 0.4) is 0 Å². The van der Waals surface area contributed by atoms with E-state index in [0.29, 0.717) is 3.57 Å². The van der Waals surface area contributed by atoms with E-state index in [0.717, 1.165) is 6.07 Å². The van der Waals surface area contributed by atoms with Gasteiger partial charge in [0.2, 0.25) is 0 Å². The molecule has 114 valence electrons. The molecule has 0 saturated heterocycles. The maximum Gasteiger partial charge on any atom is 0.326 e. The van der Waals surface area contributed by atoms with Crippen LogP contribution in [0.25, 0.3) is 0 Å². The molecule has 21 heavy (non-hydrogen) atoms. The predicted molar refractivity (Wildman–Crippen MR) is 84.2 cm³/mol. The number of hydrogen-bond acceptors (Lipinski definition) is 4. The minimum absolute atomic E-state index is 0.0931. The van der Waals surface area contributed by atoms with E-state index in [4.69, 9.17) is 5.11 Å². The normalized spacial score (nSPS) is 12.0. The minimum Gasteiger partial charge on any atom is -0.480 e. The van der Waals surface area contributed by atoms with Crippen LogP contribution in [-0.2, 0) is 4.79 Å². The Bertz CT molecular complexity index is 574. The molecule has 0 radical (unpaired) electrons. The Hall–Kier alpha value is -1.71. The van der Waals surface area contributed by atoms with Crippen molar-refractivity contribution >= 4 is 40.2 Å². The first kappa shape index (κ1) is 17.3. The number of nitro benzene ring substituents is 1. The topological polar surface area (TPSA) is 110 Å². The van der Waals surface area contributed by atoms with E-state index >= 15 is 0 Å². The Morgan fingerprint density at radius 1 is 1.43 bits per heavy atom. The molecular formula is C13H15IN2O5. The maximum absolute atomic E-state index is 12.1. The molecule has 0 aliphatic heterocycles. The summed E-state index contributed by atoms with van der Waals surface area (Å²) in [6.07, 6.45) is 0.284. The molecule has 0 spiro atoms. The van der Waals surface area contributed by atoms with Gasteiger partial charge in [-0.2, -0.15) is 0 Å². The molecule has 8 heteroatoms. The summed E-state index contributed by atoms with van der Waals surface area (Å²) in [4.78, 5) is 33.4. The number of halogens is 1. The molecule has 1 rings (SSSR count). The fraction of sp³-hybridized carbons (Fsp3) is 0.385. The van der Waals surface area contributed by atoms with Gasteiger partial charge in [0, 0.05) is 15.7 Å². The van der Waals surface area contributed by atoms with Gasteiger partial charge in [-0.1, -0.05) is 13.8 Å². The second-order valence-electron chi connectivity index (χ2n) is 4.92. The van der Waals surface area contributed by atoms with Gasteiger partial charge in [0.15, 0.2) is 0 Å². The highest BCUT2D eigenvalue weighted by Gasteiger charge is 2.23. The number of carbonyl (C=O) groups is 2. The fourth-order valence-electron chi connectivity index (χ4n) is 1.73. The number of rotatable bonds is 6. The standard InChI is InChI=1S/C13H15IN2O5/c1-7(2)5-11(13(18)19)15-12(17)9-6-8(16(20)21)3-4-10(9)14/h3-4,6-7,11H,5H2,1-2H3,(H,15,17)(H,18,19)/t11-/m1/s1. The van der Waals surface area contributed by atoms with Crippen LogP contribution in [0, 0.1) is 19.6 Å². The zero-order valence-corrected chi connectivity index (χ0v) is 13.7. The largest absolute Gasteiger partial charge is 0.480 e. The van der Waals surface area contributed by atoms with Gasteiger partial charge in [-0.15, -0.1) is 0 Å². The Morgan fingerprint density at radius 2 is 2.05 bits per heavy atom. The number of non-ortho nitro benzene ring substituents is 1. The monoisotopic (exact) mass is 406 g/mol. The van der Waals surface area contributed by atoms with Crippen molar-refractivity contribution in [1.82, 2.24) is 5.32 Å². The Kier molecular flexibility index (Phi) is 6.06. The highest BCUT2D eigenvalue weighted by molar-refractivity contribution is 14.1. The number of nitrogens with zero attached hydrogens (tertiary/aromatic N) is 1. The van der Waals surface area contributed by atoms with Gasteiger partial charge in [-0.05, 0) is 41.0 Å². The lowest BCUT2D eigenvalue weighted by Gasteiger charge is -2.16. The van der Waals surface area contributed by atoms with Crippen molar-refractivity contribution < 1.29 is 19.6 Å². The van der Waals surface area contributed by atoms with E-state index in [1.54, 1.807) is 0 Å². The predicted octanol–water partition coefficient (Wildman–Crippen LogP) is 2.43. The average molecular weight is 406 g/mol. The molecule has 0 aromatic heterocycles. The fourth-order valence-corrected chi connectivity index (χ4v) is 2.31. The maximum atomic E-state index is 12.1. The average Bonchev–Trinajstić information content (AvgIpc) is 2.37. The second kappa shape index (κ2) is 7.34. The van der Waals surface area contributed by atoms with Crippen molar-refractivity contribution in [2.75, 3.05) is 0 Å². The molecule has 0 bridgehead atoms. The van der Waals surface area contributed by atoms with Crippen LogP contribution in [0.1, 0.15) is 30.6 Å². The first-order valence-electron chi connectivity index (χ1n) is 6.20. The van der Waals surface area contributed by atoms with Gasteiger partial charge in [-0.3, -0.25) is 14.9 Å². The third kappa shape index (κ3) is 4.96. The molecule has 7 nitrogen and oxygen atoms in total. The summed E-state index contributed by atoms with van der Waals surface area (Å²) in [5, 5.41) is 22.3. The van der Waals surface area contributed by atoms with Crippen molar-refractivity contribution in [2.45, 2.75) is 26.3 Å². The van der Waals surface area contributed by atoms with Gasteiger partial charge in [0.25, 0.3) is 11.6 Å². The lowest BCUT2D eigenvalue weighted by molar-refractivity contribution is -0.384. The van der Waals surface area contributed by atoms with Crippen molar-refractivity contribution in [3.05, 3.63) is 37.4 Å². The lowest BCUT2D eigenvalue weighted by atomic mass is 10.0. The Balaban J connectivity index is 2.99. The molecule has 1 aromatic carbocycles. The molecule has 0 aliphatic carbocycles. The van der Waals surface area contributed by atoms with Gasteiger partial charge in [0.05, 0.1) is 10.5 Å². The number of benzene rings is 1. The van der Waals surface area contributed by atoms with E-state index in [1.807, 2.05) is 36.4 Å². The highest BCUT2D eigenvalue weighted by Crippen LogP contribution is 2.20. The highest BCUT2D eigenvalue weighted by atomic mass is 127. The van der Waals surface area contributed by atoms with Crippen molar-refractivity contribution in [3.8, 4) is 0 Å². The van der Waals surface area contributed by atoms with E-state index < -0.39 is 22.8 Å². The Morgan fingerprint density at radius 3 is 2.52 bits per heavy atom. The molecule has 0 fully saturated rings. The van der Waals surface area contributed by atoms with Crippen LogP contribution in [-0.4, -0.2) is 27.9 Å². The SMILES string of the molecule is CC(C)C[C@@H](NC(=O)c1cc([N+](=O)[O-])ccc1I)C(=O)O. The summed E-state index contributed by atoms with van der Waals surface area (Å²) in [5.74, 6) is -1.66. The van der Waals surface area contributed by atoms with Crippen molar-refractivity contribution in [2.24, 2.45) is 5.92 Å². The first-order valence-corrected chi connectivity index (χ1v) is 7.27. The molecule has 0 heterocycles. The zero-order valence-electron chi connectivity index (χ0n) is 11.5. The molecular weight excluding hydrogens is 391 g/mol. The summed E-state index contributed by atoms with van der Waals surface area (Å²) in [7, 11) is 0. The third-order valence-electron chi connectivity index (χ3n) is 2.72. The lowest BCUT2D eigenvalue weighted by Crippen LogP contribution is -2.41. The van der Waals surface area contributed by atoms with E-state index in [1.165, 1.54) is 12.1 Å². The number of aliphatic carboxylic acids is 1. The van der Waals surface area contributed by atoms with Gasteiger partial charge in [0.1, 0.15) is 6.04 Å². The van der Waals surface area contributed by atoms with E-state index in [-0.39, 0.29) is 23.6 Å². The molecule has 0 saturated carbocycles. The van der Waals surface area contributed by atoms with E-state index in [2.05, 4.69) is 5.32 Å². The molecule has 0 unspecified atom stereocenters. The van der Waals surface area contributed by atoms with Gasteiger partial charge >= 0.3 is 5.97 Å². The molecule has 0 aliphatic rings. The van der Waals surface area contributed by atoms with Crippen LogP contribution >= 0.6 is 22.6 Å². The van der Waals surface area contributed by atoms with E-state index in [9.17, 15) is 19.7 Å². The molecule has 1 amide bonds. The summed E-state index contributed by atoms with van der Waals surface area (Å²) in [6.45, 7) is 3.69. The number of carboxylic acid groups (broad SMARTS) is 1. The smallest absolute Gasteiger partial charge is 0.326 e. The quantitative estimate of drug-likeness (QED) is 0.429. The van der Waals surface area contributed by atoms with Crippen LogP contribution < -0.4 is 5.32 Å². The summed E-state index contributed by atoms with van der Waals surface area (Å²) < 4.78 is 0.518. The summed E-state index contributed by atoms with van der Waals surface area (Å²) >= 11 is 1.87. The number of nitrogens with one attached hydrogen (secondary N) is 1. The van der Waals surface area contributed by atoms with Crippen LogP contribution in [0.15, 0.2) is 18.2 Å². The molecule has 2 N–H and O–H groups in total. The molecule has 1 aromatic rings. The van der Waals surface area contributed by atoms with Crippen LogP contribution in [0.4, 0.5) is 5.69 Å².